The normalized spacial score (nSPS) is 23.8. The standard InChI is InChI=1S/C18H34NO2PS2/c1-3-11-17(13-7-5-8-14-17)24(22(20,21)23-19)18(12-4-2)15-9-6-10-16-18/h3-4,20-21H,1-2,5-16,19H2. The van der Waals surface area contributed by atoms with Gasteiger partial charge in [0, 0.05) is 21.1 Å². The van der Waals surface area contributed by atoms with Crippen molar-refractivity contribution >= 4 is 27.3 Å². The zero-order valence-corrected chi connectivity index (χ0v) is 17.3. The maximum absolute atomic E-state index is 11.1. The molecule has 0 atom stereocenters. The summed E-state index contributed by atoms with van der Waals surface area (Å²) in [7, 11) is -0.507. The third kappa shape index (κ3) is 4.24. The molecule has 0 bridgehead atoms. The molecular formula is C18H34NO2PS2. The molecule has 0 heterocycles. The van der Waals surface area contributed by atoms with E-state index in [4.69, 9.17) is 5.14 Å². The molecule has 0 spiro atoms. The summed E-state index contributed by atoms with van der Waals surface area (Å²) in [6.07, 6.45) is 17.3. The molecule has 0 saturated heterocycles. The lowest BCUT2D eigenvalue weighted by molar-refractivity contribution is 0.362. The van der Waals surface area contributed by atoms with Crippen LogP contribution in [-0.2, 0) is 10.1 Å². The summed E-state index contributed by atoms with van der Waals surface area (Å²) < 4.78 is -0.0754. The van der Waals surface area contributed by atoms with Crippen molar-refractivity contribution < 1.29 is 9.79 Å². The Labute approximate surface area is 154 Å². The highest BCUT2D eigenvalue weighted by Crippen LogP contribution is 2.63. The summed E-state index contributed by atoms with van der Waals surface area (Å²) in [6, 6.07) is 0. The van der Waals surface area contributed by atoms with Crippen LogP contribution in [-0.4, -0.2) is 19.3 Å². The van der Waals surface area contributed by atoms with Crippen LogP contribution >= 0.6 is 17.3 Å². The van der Waals surface area contributed by atoms with Crippen molar-refractivity contribution in [3.05, 3.63) is 25.3 Å². The van der Waals surface area contributed by atoms with Gasteiger partial charge in [-0.2, -0.15) is 0 Å². The van der Waals surface area contributed by atoms with Gasteiger partial charge in [0.05, 0.1) is 0 Å². The van der Waals surface area contributed by atoms with Crippen LogP contribution in [0.25, 0.3) is 0 Å². The highest BCUT2D eigenvalue weighted by Gasteiger charge is 2.49. The molecule has 2 fully saturated rings. The SMILES string of the molecule is C=CCC1(S(C2(CC=C)CCCCC2)=P(O)(O)SN)CCCCC1. The van der Waals surface area contributed by atoms with Crippen molar-refractivity contribution in [1.29, 1.82) is 0 Å². The maximum atomic E-state index is 11.1. The Morgan fingerprint density at radius 1 is 0.875 bits per heavy atom. The van der Waals surface area contributed by atoms with E-state index in [0.29, 0.717) is 0 Å². The summed E-state index contributed by atoms with van der Waals surface area (Å²) in [5.74, 6) is 0. The molecule has 2 rings (SSSR count). The van der Waals surface area contributed by atoms with Crippen molar-refractivity contribution in [3.63, 3.8) is 0 Å². The van der Waals surface area contributed by atoms with E-state index in [1.54, 1.807) is 0 Å². The monoisotopic (exact) mass is 391 g/mol. The van der Waals surface area contributed by atoms with E-state index < -0.39 is 15.8 Å². The van der Waals surface area contributed by atoms with E-state index in [0.717, 1.165) is 50.1 Å². The van der Waals surface area contributed by atoms with Crippen LogP contribution in [0.1, 0.15) is 77.0 Å². The third-order valence-corrected chi connectivity index (χ3v) is 16.0. The molecule has 0 radical (unpaired) electrons. The van der Waals surface area contributed by atoms with Crippen LogP contribution in [0.3, 0.4) is 0 Å². The lowest BCUT2D eigenvalue weighted by atomic mass is 9.85. The van der Waals surface area contributed by atoms with Crippen LogP contribution in [0.2, 0.25) is 0 Å². The largest absolute Gasteiger partial charge is 0.340 e. The molecule has 0 amide bonds. The first-order chi connectivity index (χ1) is 11.5. The second-order valence-electron chi connectivity index (χ2n) is 7.35. The summed E-state index contributed by atoms with van der Waals surface area (Å²) in [5.41, 5.74) is -3.23. The maximum Gasteiger partial charge on any atom is 0.217 e. The Balaban J connectivity index is 2.65. The Bertz CT molecular complexity index is 469. The lowest BCUT2D eigenvalue weighted by Gasteiger charge is -2.52. The first-order valence-corrected chi connectivity index (χ1v) is 14.2. The molecule has 0 unspecified atom stereocenters. The van der Waals surface area contributed by atoms with Gasteiger partial charge in [0.15, 0.2) is 0 Å². The third-order valence-electron chi connectivity index (χ3n) is 5.76. The predicted octanol–water partition coefficient (Wildman–Crippen LogP) is 5.43. The van der Waals surface area contributed by atoms with Crippen molar-refractivity contribution in [3.8, 4) is 0 Å². The quantitative estimate of drug-likeness (QED) is 0.307. The fourth-order valence-electron chi connectivity index (χ4n) is 4.88. The summed E-state index contributed by atoms with van der Waals surface area (Å²) in [4.78, 5) is 22.2. The van der Waals surface area contributed by atoms with Gasteiger partial charge in [-0.25, -0.2) is 0 Å². The van der Waals surface area contributed by atoms with E-state index in [1.807, 2.05) is 12.2 Å². The topological polar surface area (TPSA) is 66.5 Å². The van der Waals surface area contributed by atoms with Crippen molar-refractivity contribution in [2.24, 2.45) is 5.14 Å². The molecule has 140 valence electrons. The zero-order chi connectivity index (χ0) is 17.7. The van der Waals surface area contributed by atoms with Gasteiger partial charge in [-0.3, -0.25) is 5.14 Å². The molecule has 0 aromatic rings. The van der Waals surface area contributed by atoms with Gasteiger partial charge in [0.25, 0.3) is 0 Å². The summed E-state index contributed by atoms with van der Waals surface area (Å²) >= 11 is 0.837. The molecule has 4 N–H and O–H groups in total. The molecule has 0 aromatic heterocycles. The molecule has 24 heavy (non-hydrogen) atoms. The smallest absolute Gasteiger partial charge is 0.217 e. The Morgan fingerprint density at radius 3 is 1.54 bits per heavy atom. The second-order valence-corrected chi connectivity index (χ2v) is 16.3. The molecule has 0 aliphatic heterocycles. The van der Waals surface area contributed by atoms with Gasteiger partial charge in [-0.1, -0.05) is 50.7 Å². The van der Waals surface area contributed by atoms with E-state index in [-0.39, 0.29) is 9.49 Å². The predicted molar refractivity (Wildman–Crippen MR) is 112 cm³/mol. The van der Waals surface area contributed by atoms with Gasteiger partial charge in [-0.15, -0.1) is 23.2 Å². The van der Waals surface area contributed by atoms with Gasteiger partial charge in [0.2, 0.25) is 5.69 Å². The van der Waals surface area contributed by atoms with E-state index in [2.05, 4.69) is 13.2 Å². The molecule has 3 nitrogen and oxygen atoms in total. The van der Waals surface area contributed by atoms with Crippen LogP contribution in [0.5, 0.6) is 0 Å². The fraction of sp³-hybridized carbons (Fsp3) is 0.778. The second kappa shape index (κ2) is 8.92. The Kier molecular flexibility index (Phi) is 7.73. The van der Waals surface area contributed by atoms with Gasteiger partial charge in [-0.05, 0) is 38.5 Å². The average Bonchev–Trinajstić information content (AvgIpc) is 2.57. The van der Waals surface area contributed by atoms with Crippen LogP contribution in [0, 0.1) is 0 Å². The molecule has 2 aliphatic carbocycles. The minimum atomic E-state index is -3.23. The van der Waals surface area contributed by atoms with E-state index in [9.17, 15) is 9.79 Å². The molecule has 0 aromatic carbocycles. The average molecular weight is 392 g/mol. The number of rotatable bonds is 7. The van der Waals surface area contributed by atoms with E-state index in [1.165, 1.54) is 38.5 Å². The zero-order valence-electron chi connectivity index (χ0n) is 14.8. The van der Waals surface area contributed by atoms with Crippen molar-refractivity contribution in [2.75, 3.05) is 0 Å². The summed E-state index contributed by atoms with van der Waals surface area (Å²) in [6.45, 7) is 8.00. The van der Waals surface area contributed by atoms with Gasteiger partial charge >= 0.3 is 0 Å². The number of nitrogens with two attached hydrogens (primary N) is 1. The van der Waals surface area contributed by atoms with E-state index >= 15 is 0 Å². The van der Waals surface area contributed by atoms with Crippen LogP contribution in [0.15, 0.2) is 25.3 Å². The molecule has 6 heteroatoms. The number of hydrogen-bond donors (Lipinski definition) is 3. The first-order valence-electron chi connectivity index (χ1n) is 9.16. The number of hydrogen-bond acceptors (Lipinski definition) is 2. The molecule has 2 aliphatic rings. The van der Waals surface area contributed by atoms with Crippen LogP contribution < -0.4 is 5.14 Å². The van der Waals surface area contributed by atoms with Crippen molar-refractivity contribution in [2.45, 2.75) is 86.5 Å². The van der Waals surface area contributed by atoms with Crippen LogP contribution in [0.4, 0.5) is 0 Å². The minimum Gasteiger partial charge on any atom is -0.340 e. The first kappa shape index (κ1) is 20.8. The fourth-order valence-corrected chi connectivity index (χ4v) is 17.2. The van der Waals surface area contributed by atoms with Gasteiger partial charge in [0.1, 0.15) is 0 Å². The van der Waals surface area contributed by atoms with Crippen molar-refractivity contribution in [1.82, 2.24) is 0 Å². The Morgan fingerprint density at radius 2 is 1.25 bits per heavy atom. The summed E-state index contributed by atoms with van der Waals surface area (Å²) in [5, 5.41) is 5.85. The highest BCUT2D eigenvalue weighted by atomic mass is 32.9. The number of allylic oxidation sites excluding steroid dienone is 2. The molecule has 2 saturated carbocycles. The highest BCUT2D eigenvalue weighted by molar-refractivity contribution is 8.72. The minimum absolute atomic E-state index is 0.0377. The lowest BCUT2D eigenvalue weighted by Crippen LogP contribution is -2.49. The molecular weight excluding hydrogens is 357 g/mol. The van der Waals surface area contributed by atoms with Gasteiger partial charge < -0.3 is 9.79 Å². The Hall–Kier alpha value is 0.490.